The number of esters is 1. The minimum Gasteiger partial charge on any atom is -0.467 e. The molecule has 0 aliphatic rings. The molecule has 0 aliphatic heterocycles. The predicted octanol–water partition coefficient (Wildman–Crippen LogP) is -0.502. The second kappa shape index (κ2) is 3.87. The largest absolute Gasteiger partial charge is 0.467 e. The first-order valence-corrected chi connectivity index (χ1v) is 2.78. The van der Waals surface area contributed by atoms with Gasteiger partial charge in [0.25, 0.3) is 0 Å². The van der Waals surface area contributed by atoms with E-state index in [0.29, 0.717) is 0 Å². The molecular formula is C6H10NO3. The molecule has 1 amide bonds. The molecule has 1 N–H and O–H groups in total. The lowest BCUT2D eigenvalue weighted by Crippen LogP contribution is -2.37. The highest BCUT2D eigenvalue weighted by molar-refractivity contribution is 5.86. The Morgan fingerprint density at radius 3 is 2.40 bits per heavy atom. The van der Waals surface area contributed by atoms with Gasteiger partial charge in [-0.15, -0.1) is 0 Å². The minimum atomic E-state index is -0.616. The Morgan fingerprint density at radius 1 is 1.60 bits per heavy atom. The molecule has 57 valence electrons. The molecule has 0 fully saturated rings. The lowest BCUT2D eigenvalue weighted by atomic mass is 10.3. The van der Waals surface area contributed by atoms with Crippen molar-refractivity contribution in [2.24, 2.45) is 0 Å². The van der Waals surface area contributed by atoms with Crippen molar-refractivity contribution in [3.63, 3.8) is 0 Å². The van der Waals surface area contributed by atoms with Crippen LogP contribution < -0.4 is 5.32 Å². The Morgan fingerprint density at radius 2 is 2.10 bits per heavy atom. The third-order valence-corrected chi connectivity index (χ3v) is 0.932. The van der Waals surface area contributed by atoms with E-state index >= 15 is 0 Å². The first kappa shape index (κ1) is 8.94. The van der Waals surface area contributed by atoms with E-state index in [0.717, 1.165) is 0 Å². The predicted molar refractivity (Wildman–Crippen MR) is 35.0 cm³/mol. The molecule has 10 heavy (non-hydrogen) atoms. The smallest absolute Gasteiger partial charge is 0.328 e. The average Bonchev–Trinajstić information content (AvgIpc) is 1.85. The number of nitrogens with one attached hydrogen (secondary N) is 1. The summed E-state index contributed by atoms with van der Waals surface area (Å²) in [5, 5.41) is 2.27. The number of carbonyl (C=O) groups excluding carboxylic acids is 2. The molecule has 1 unspecified atom stereocenters. The summed E-state index contributed by atoms with van der Waals surface area (Å²) in [5.74, 6) is -0.963. The molecule has 0 aromatic rings. The van der Waals surface area contributed by atoms with E-state index in [4.69, 9.17) is 0 Å². The van der Waals surface area contributed by atoms with Gasteiger partial charge in [-0.3, -0.25) is 4.79 Å². The van der Waals surface area contributed by atoms with Crippen molar-refractivity contribution in [2.75, 3.05) is 7.11 Å². The van der Waals surface area contributed by atoms with Crippen molar-refractivity contribution in [1.82, 2.24) is 5.32 Å². The van der Waals surface area contributed by atoms with Gasteiger partial charge < -0.3 is 10.1 Å². The van der Waals surface area contributed by atoms with Crippen molar-refractivity contribution >= 4 is 11.9 Å². The van der Waals surface area contributed by atoms with Crippen molar-refractivity contribution in [3.05, 3.63) is 6.92 Å². The van der Waals surface area contributed by atoms with Crippen LogP contribution in [0.25, 0.3) is 0 Å². The number of amides is 1. The van der Waals surface area contributed by atoms with Gasteiger partial charge in [-0.05, 0) is 6.92 Å². The quantitative estimate of drug-likeness (QED) is 0.531. The first-order valence-electron chi connectivity index (χ1n) is 2.78. The highest BCUT2D eigenvalue weighted by atomic mass is 16.5. The van der Waals surface area contributed by atoms with E-state index in [1.807, 2.05) is 0 Å². The molecule has 0 spiro atoms. The molecule has 0 rings (SSSR count). The van der Waals surface area contributed by atoms with Crippen LogP contribution in [0.2, 0.25) is 0 Å². The lowest BCUT2D eigenvalue weighted by molar-refractivity contribution is -0.144. The monoisotopic (exact) mass is 144 g/mol. The number of carbonyl (C=O) groups is 2. The van der Waals surface area contributed by atoms with E-state index in [-0.39, 0.29) is 0 Å². The lowest BCUT2D eigenvalue weighted by Gasteiger charge is -2.08. The maximum absolute atomic E-state index is 10.6. The third-order valence-electron chi connectivity index (χ3n) is 0.932. The zero-order valence-electron chi connectivity index (χ0n) is 6.01. The molecule has 0 saturated heterocycles. The summed E-state index contributed by atoms with van der Waals surface area (Å²) in [5.41, 5.74) is 0. The van der Waals surface area contributed by atoms with Gasteiger partial charge in [-0.1, -0.05) is 0 Å². The van der Waals surface area contributed by atoms with Gasteiger partial charge in [0.2, 0.25) is 5.91 Å². The molecule has 0 heterocycles. The summed E-state index contributed by atoms with van der Waals surface area (Å²) >= 11 is 0. The zero-order valence-corrected chi connectivity index (χ0v) is 6.01. The Kier molecular flexibility index (Phi) is 3.46. The number of hydrogen-bond acceptors (Lipinski definition) is 3. The van der Waals surface area contributed by atoms with E-state index in [9.17, 15) is 9.59 Å². The third kappa shape index (κ3) is 3.06. The Hall–Kier alpha value is -1.06. The van der Waals surface area contributed by atoms with E-state index in [1.165, 1.54) is 14.0 Å². The number of methoxy groups -OCH3 is 1. The van der Waals surface area contributed by atoms with E-state index in [1.54, 1.807) is 0 Å². The van der Waals surface area contributed by atoms with Crippen molar-refractivity contribution < 1.29 is 14.3 Å². The minimum absolute atomic E-state index is 0.475. The summed E-state index contributed by atoms with van der Waals surface area (Å²) in [6.45, 7) is 4.56. The summed E-state index contributed by atoms with van der Waals surface area (Å²) in [7, 11) is 1.26. The molecule has 1 radical (unpaired) electrons. The fourth-order valence-electron chi connectivity index (χ4n) is 0.477. The van der Waals surface area contributed by atoms with Gasteiger partial charge in [0.05, 0.1) is 7.11 Å². The fraction of sp³-hybridized carbons (Fsp3) is 0.500. The van der Waals surface area contributed by atoms with Crippen molar-refractivity contribution in [2.45, 2.75) is 13.0 Å². The molecule has 0 saturated carbocycles. The Balaban J connectivity index is 3.72. The van der Waals surface area contributed by atoms with Gasteiger partial charge in [0, 0.05) is 6.92 Å². The molecule has 1 atom stereocenters. The van der Waals surface area contributed by atoms with Crippen molar-refractivity contribution in [3.8, 4) is 0 Å². The molecule has 0 aliphatic carbocycles. The van der Waals surface area contributed by atoms with Crippen LogP contribution in [0, 0.1) is 6.92 Å². The highest BCUT2D eigenvalue weighted by Crippen LogP contribution is 1.83. The first-order chi connectivity index (χ1) is 4.57. The maximum atomic E-state index is 10.6. The van der Waals surface area contributed by atoms with Gasteiger partial charge in [-0.25, -0.2) is 4.79 Å². The SMILES string of the molecule is [CH2]C(=O)NC(C)C(=O)OC. The number of hydrogen-bond donors (Lipinski definition) is 1. The molecular weight excluding hydrogens is 134 g/mol. The standard InChI is InChI=1S/C6H10NO3/c1-4(6(9)10-3)7-5(2)8/h4H,2H2,1,3H3,(H,7,8). The van der Waals surface area contributed by atoms with Crippen molar-refractivity contribution in [1.29, 1.82) is 0 Å². The van der Waals surface area contributed by atoms with Crippen LogP contribution in [0.3, 0.4) is 0 Å². The summed E-state index contributed by atoms with van der Waals surface area (Å²) in [4.78, 5) is 20.8. The summed E-state index contributed by atoms with van der Waals surface area (Å²) in [6, 6.07) is -0.616. The van der Waals surface area contributed by atoms with Gasteiger partial charge >= 0.3 is 5.97 Å². The van der Waals surface area contributed by atoms with E-state index in [2.05, 4.69) is 17.0 Å². The maximum Gasteiger partial charge on any atom is 0.328 e. The normalized spacial score (nSPS) is 11.9. The second-order valence-electron chi connectivity index (χ2n) is 1.81. The van der Waals surface area contributed by atoms with Crippen LogP contribution in [0.1, 0.15) is 6.92 Å². The van der Waals surface area contributed by atoms with Gasteiger partial charge in [0.1, 0.15) is 6.04 Å². The Bertz CT molecular complexity index is 144. The van der Waals surface area contributed by atoms with Crippen LogP contribution in [0.5, 0.6) is 0 Å². The summed E-state index contributed by atoms with van der Waals surface area (Å²) in [6.07, 6.45) is 0. The van der Waals surface area contributed by atoms with Crippen LogP contribution in [-0.4, -0.2) is 25.0 Å². The van der Waals surface area contributed by atoms with Gasteiger partial charge in [0.15, 0.2) is 0 Å². The highest BCUT2D eigenvalue weighted by Gasteiger charge is 2.12. The second-order valence-corrected chi connectivity index (χ2v) is 1.81. The fourth-order valence-corrected chi connectivity index (χ4v) is 0.477. The van der Waals surface area contributed by atoms with Crippen LogP contribution in [-0.2, 0) is 14.3 Å². The number of rotatable bonds is 2. The molecule has 0 bridgehead atoms. The molecule has 4 nitrogen and oxygen atoms in total. The molecule has 0 aromatic carbocycles. The zero-order chi connectivity index (χ0) is 8.15. The molecule has 4 heteroatoms. The average molecular weight is 144 g/mol. The van der Waals surface area contributed by atoms with Crippen LogP contribution in [0.15, 0.2) is 0 Å². The van der Waals surface area contributed by atoms with Gasteiger partial charge in [-0.2, -0.15) is 0 Å². The van der Waals surface area contributed by atoms with Crippen LogP contribution in [0.4, 0.5) is 0 Å². The van der Waals surface area contributed by atoms with E-state index < -0.39 is 17.9 Å². The topological polar surface area (TPSA) is 55.4 Å². The molecule has 0 aromatic heterocycles. The summed E-state index contributed by atoms with van der Waals surface area (Å²) < 4.78 is 4.33. The number of ether oxygens (including phenoxy) is 1. The Labute approximate surface area is 59.6 Å². The van der Waals surface area contributed by atoms with Crippen LogP contribution >= 0.6 is 0 Å².